The van der Waals surface area contributed by atoms with E-state index in [4.69, 9.17) is 9.26 Å². The Morgan fingerprint density at radius 2 is 2.25 bits per heavy atom. The average Bonchev–Trinajstić information content (AvgIpc) is 2.86. The molecule has 5 nitrogen and oxygen atoms in total. The number of rotatable bonds is 7. The minimum atomic E-state index is 0.278. The van der Waals surface area contributed by atoms with Gasteiger partial charge in [0, 0.05) is 13.0 Å². The molecule has 1 aromatic carbocycles. The van der Waals surface area contributed by atoms with E-state index in [1.807, 2.05) is 25.2 Å². The summed E-state index contributed by atoms with van der Waals surface area (Å²) in [6.07, 6.45) is 1.82. The van der Waals surface area contributed by atoms with Crippen LogP contribution in [-0.4, -0.2) is 17.2 Å². The molecule has 0 saturated carbocycles. The van der Waals surface area contributed by atoms with Crippen LogP contribution in [0, 0.1) is 0 Å². The minimum Gasteiger partial charge on any atom is -0.483 e. The topological polar surface area (TPSA) is 60.2 Å². The fourth-order valence-electron chi connectivity index (χ4n) is 1.79. The number of nitrogens with zero attached hydrogens (tertiary/aromatic N) is 2. The molecule has 0 fully saturated rings. The van der Waals surface area contributed by atoms with E-state index >= 15 is 0 Å². The number of benzene rings is 1. The predicted octanol–water partition coefficient (Wildman–Crippen LogP) is 3.08. The van der Waals surface area contributed by atoms with Crippen LogP contribution in [0.4, 0.5) is 0 Å². The van der Waals surface area contributed by atoms with Crippen LogP contribution in [0.3, 0.4) is 0 Å². The van der Waals surface area contributed by atoms with E-state index < -0.39 is 0 Å². The summed E-state index contributed by atoms with van der Waals surface area (Å²) in [5.74, 6) is 1.99. The largest absolute Gasteiger partial charge is 0.483 e. The smallest absolute Gasteiger partial charge is 0.264 e. The summed E-state index contributed by atoms with van der Waals surface area (Å²) >= 11 is 3.50. The van der Waals surface area contributed by atoms with Gasteiger partial charge >= 0.3 is 0 Å². The van der Waals surface area contributed by atoms with Crippen LogP contribution >= 0.6 is 15.9 Å². The Morgan fingerprint density at radius 1 is 1.40 bits per heavy atom. The van der Waals surface area contributed by atoms with E-state index in [2.05, 4.69) is 38.3 Å². The van der Waals surface area contributed by atoms with Crippen molar-refractivity contribution in [3.8, 4) is 5.75 Å². The van der Waals surface area contributed by atoms with E-state index in [1.54, 1.807) is 0 Å². The van der Waals surface area contributed by atoms with Gasteiger partial charge in [0.15, 0.2) is 12.4 Å². The van der Waals surface area contributed by atoms with Gasteiger partial charge in [0.05, 0.1) is 4.47 Å². The van der Waals surface area contributed by atoms with Crippen molar-refractivity contribution in [1.82, 2.24) is 15.5 Å². The van der Waals surface area contributed by atoms with Gasteiger partial charge in [-0.2, -0.15) is 4.98 Å². The molecule has 0 aliphatic rings. The first-order valence-electron chi connectivity index (χ1n) is 6.60. The van der Waals surface area contributed by atoms with Crippen LogP contribution in [-0.2, 0) is 19.6 Å². The molecule has 0 bridgehead atoms. The molecule has 0 spiro atoms. The maximum Gasteiger partial charge on any atom is 0.264 e. The van der Waals surface area contributed by atoms with Crippen LogP contribution in [0.5, 0.6) is 5.75 Å². The number of aromatic nitrogens is 2. The Balaban J connectivity index is 1.95. The molecule has 0 atom stereocenters. The van der Waals surface area contributed by atoms with Crippen LogP contribution in [0.1, 0.15) is 30.6 Å². The Hall–Kier alpha value is -1.40. The Kier molecular flexibility index (Phi) is 5.55. The first kappa shape index (κ1) is 15.0. The van der Waals surface area contributed by atoms with Crippen molar-refractivity contribution in [2.24, 2.45) is 0 Å². The second-order valence-electron chi connectivity index (χ2n) is 4.44. The third-order valence-electron chi connectivity index (χ3n) is 2.71. The van der Waals surface area contributed by atoms with Gasteiger partial charge in [0.1, 0.15) is 5.75 Å². The highest BCUT2D eigenvalue weighted by atomic mass is 79.9. The number of nitrogens with one attached hydrogen (secondary N) is 1. The van der Waals surface area contributed by atoms with Gasteiger partial charge < -0.3 is 14.6 Å². The fraction of sp³-hybridized carbons (Fsp3) is 0.429. The zero-order chi connectivity index (χ0) is 14.4. The van der Waals surface area contributed by atoms with Crippen molar-refractivity contribution < 1.29 is 9.26 Å². The van der Waals surface area contributed by atoms with Gasteiger partial charge in [-0.1, -0.05) is 18.1 Å². The second-order valence-corrected chi connectivity index (χ2v) is 5.29. The molecule has 0 aliphatic carbocycles. The monoisotopic (exact) mass is 339 g/mol. The third kappa shape index (κ3) is 4.05. The Morgan fingerprint density at radius 3 is 2.95 bits per heavy atom. The summed E-state index contributed by atoms with van der Waals surface area (Å²) in [7, 11) is 1.92. The minimum absolute atomic E-state index is 0.278. The molecule has 1 aromatic heterocycles. The highest BCUT2D eigenvalue weighted by Crippen LogP contribution is 2.26. The van der Waals surface area contributed by atoms with Crippen LogP contribution in [0.25, 0.3) is 0 Å². The van der Waals surface area contributed by atoms with Crippen LogP contribution in [0.2, 0.25) is 0 Å². The van der Waals surface area contributed by atoms with E-state index in [0.29, 0.717) is 5.89 Å². The molecule has 6 heteroatoms. The lowest BCUT2D eigenvalue weighted by Gasteiger charge is -2.07. The molecule has 0 unspecified atom stereocenters. The van der Waals surface area contributed by atoms with E-state index in [-0.39, 0.29) is 6.61 Å². The molecule has 2 aromatic rings. The standard InChI is InChI=1S/C14H18BrN3O2/c1-3-4-13-17-14(20-18-13)9-19-12-6-5-10(8-16-2)7-11(12)15/h5-7,16H,3-4,8-9H2,1-2H3. The highest BCUT2D eigenvalue weighted by Gasteiger charge is 2.08. The number of hydrogen-bond acceptors (Lipinski definition) is 5. The molecule has 20 heavy (non-hydrogen) atoms. The summed E-state index contributed by atoms with van der Waals surface area (Å²) in [4.78, 5) is 4.26. The van der Waals surface area contributed by atoms with Crippen molar-refractivity contribution in [3.63, 3.8) is 0 Å². The zero-order valence-corrected chi connectivity index (χ0v) is 13.2. The predicted molar refractivity (Wildman–Crippen MR) is 79.5 cm³/mol. The summed E-state index contributed by atoms with van der Waals surface area (Å²) in [6.45, 7) is 3.18. The molecule has 0 radical (unpaired) electrons. The number of hydrogen-bond donors (Lipinski definition) is 1. The Labute approximate surface area is 126 Å². The molecule has 0 saturated heterocycles. The maximum atomic E-state index is 5.68. The zero-order valence-electron chi connectivity index (χ0n) is 11.6. The van der Waals surface area contributed by atoms with Crippen molar-refractivity contribution >= 4 is 15.9 Å². The number of halogens is 1. The van der Waals surface area contributed by atoms with Crippen molar-refractivity contribution in [2.75, 3.05) is 7.05 Å². The van der Waals surface area contributed by atoms with Gasteiger partial charge in [-0.15, -0.1) is 0 Å². The summed E-state index contributed by atoms with van der Waals surface area (Å²) in [6, 6.07) is 5.98. The number of ether oxygens (including phenoxy) is 1. The molecular formula is C14H18BrN3O2. The summed E-state index contributed by atoms with van der Waals surface area (Å²) < 4.78 is 11.7. The van der Waals surface area contributed by atoms with Crippen molar-refractivity contribution in [2.45, 2.75) is 32.9 Å². The Bertz CT molecular complexity index is 557. The molecule has 0 aliphatic heterocycles. The van der Waals surface area contributed by atoms with Gasteiger partial charge in [0.2, 0.25) is 0 Å². The fourth-order valence-corrected chi connectivity index (χ4v) is 2.33. The van der Waals surface area contributed by atoms with Gasteiger partial charge in [-0.25, -0.2) is 0 Å². The SMILES string of the molecule is CCCc1noc(COc2ccc(CNC)cc2Br)n1. The first-order valence-corrected chi connectivity index (χ1v) is 7.39. The van der Waals surface area contributed by atoms with E-state index in [0.717, 1.165) is 35.4 Å². The second kappa shape index (κ2) is 7.40. The summed E-state index contributed by atoms with van der Waals surface area (Å²) in [5.41, 5.74) is 1.19. The molecular weight excluding hydrogens is 322 g/mol. The van der Waals surface area contributed by atoms with Crippen molar-refractivity contribution in [1.29, 1.82) is 0 Å². The first-order chi connectivity index (χ1) is 9.72. The molecule has 2 rings (SSSR count). The lowest BCUT2D eigenvalue weighted by Crippen LogP contribution is -2.05. The van der Waals surface area contributed by atoms with E-state index in [9.17, 15) is 0 Å². The molecule has 0 amide bonds. The lowest BCUT2D eigenvalue weighted by molar-refractivity contribution is 0.241. The van der Waals surface area contributed by atoms with Crippen molar-refractivity contribution in [3.05, 3.63) is 40.0 Å². The average molecular weight is 340 g/mol. The highest BCUT2D eigenvalue weighted by molar-refractivity contribution is 9.10. The quantitative estimate of drug-likeness (QED) is 0.839. The van der Waals surface area contributed by atoms with Gasteiger partial charge in [0.25, 0.3) is 5.89 Å². The van der Waals surface area contributed by atoms with Gasteiger partial charge in [-0.05, 0) is 47.1 Å². The maximum absolute atomic E-state index is 5.68. The van der Waals surface area contributed by atoms with Gasteiger partial charge in [-0.3, -0.25) is 0 Å². The third-order valence-corrected chi connectivity index (χ3v) is 3.33. The van der Waals surface area contributed by atoms with Crippen LogP contribution in [0.15, 0.2) is 27.2 Å². The molecule has 108 valence electrons. The normalized spacial score (nSPS) is 10.8. The van der Waals surface area contributed by atoms with Crippen LogP contribution < -0.4 is 10.1 Å². The molecule has 1 N–H and O–H groups in total. The number of aryl methyl sites for hydroxylation is 1. The lowest BCUT2D eigenvalue weighted by atomic mass is 10.2. The molecule has 1 heterocycles. The summed E-state index contributed by atoms with van der Waals surface area (Å²) in [5, 5.41) is 7.00. The van der Waals surface area contributed by atoms with E-state index in [1.165, 1.54) is 5.56 Å².